The Balaban J connectivity index is 2.39. The number of carbonyl (C=O) groups is 1. The SMILES string of the molecule is Cc1cccc2sc(C(C)CC(=O)O)cc12. The molecule has 1 heterocycles. The molecule has 0 aliphatic heterocycles. The average molecular weight is 234 g/mol. The first-order chi connectivity index (χ1) is 7.58. The highest BCUT2D eigenvalue weighted by molar-refractivity contribution is 7.19. The zero-order valence-corrected chi connectivity index (χ0v) is 10.2. The molecule has 2 rings (SSSR count). The average Bonchev–Trinajstić information content (AvgIpc) is 2.61. The Bertz CT molecular complexity index is 528. The number of aliphatic carboxylic acids is 1. The van der Waals surface area contributed by atoms with E-state index in [4.69, 9.17) is 5.11 Å². The number of carboxylic acids is 1. The molecule has 0 aliphatic carbocycles. The highest BCUT2D eigenvalue weighted by atomic mass is 32.1. The first-order valence-corrected chi connectivity index (χ1v) is 6.10. The molecule has 84 valence electrons. The monoisotopic (exact) mass is 234 g/mol. The highest BCUT2D eigenvalue weighted by Crippen LogP contribution is 2.33. The van der Waals surface area contributed by atoms with Crippen LogP contribution in [-0.4, -0.2) is 11.1 Å². The van der Waals surface area contributed by atoms with Gasteiger partial charge in [-0.3, -0.25) is 4.79 Å². The van der Waals surface area contributed by atoms with E-state index in [0.717, 1.165) is 4.88 Å². The molecule has 1 aromatic carbocycles. The second kappa shape index (κ2) is 4.26. The van der Waals surface area contributed by atoms with Crippen molar-refractivity contribution in [3.05, 3.63) is 34.7 Å². The molecule has 0 saturated carbocycles. The van der Waals surface area contributed by atoms with E-state index >= 15 is 0 Å². The van der Waals surface area contributed by atoms with Gasteiger partial charge in [0.1, 0.15) is 0 Å². The molecule has 1 atom stereocenters. The number of benzene rings is 1. The van der Waals surface area contributed by atoms with Crippen molar-refractivity contribution in [3.63, 3.8) is 0 Å². The maximum atomic E-state index is 10.7. The molecule has 0 bridgehead atoms. The molecule has 1 aromatic heterocycles. The summed E-state index contributed by atoms with van der Waals surface area (Å²) < 4.78 is 1.24. The lowest BCUT2D eigenvalue weighted by molar-refractivity contribution is -0.137. The van der Waals surface area contributed by atoms with E-state index in [1.165, 1.54) is 15.6 Å². The molecular weight excluding hydrogens is 220 g/mol. The largest absolute Gasteiger partial charge is 0.481 e. The Morgan fingerprint density at radius 1 is 1.50 bits per heavy atom. The summed E-state index contributed by atoms with van der Waals surface area (Å²) in [4.78, 5) is 11.8. The van der Waals surface area contributed by atoms with Crippen molar-refractivity contribution < 1.29 is 9.90 Å². The minimum absolute atomic E-state index is 0.0919. The summed E-state index contributed by atoms with van der Waals surface area (Å²) in [6, 6.07) is 8.34. The molecule has 0 spiro atoms. The van der Waals surface area contributed by atoms with E-state index in [9.17, 15) is 4.79 Å². The molecule has 0 saturated heterocycles. The summed E-state index contributed by atoms with van der Waals surface area (Å²) in [6.07, 6.45) is 0.200. The van der Waals surface area contributed by atoms with Crippen molar-refractivity contribution in [2.75, 3.05) is 0 Å². The topological polar surface area (TPSA) is 37.3 Å². The van der Waals surface area contributed by atoms with Crippen molar-refractivity contribution >= 4 is 27.4 Å². The Kier molecular flexibility index (Phi) is 2.97. The Morgan fingerprint density at radius 2 is 2.25 bits per heavy atom. The van der Waals surface area contributed by atoms with Gasteiger partial charge in [-0.05, 0) is 30.0 Å². The molecule has 2 aromatic rings. The van der Waals surface area contributed by atoms with Crippen LogP contribution in [0.15, 0.2) is 24.3 Å². The van der Waals surface area contributed by atoms with Crippen LogP contribution in [-0.2, 0) is 4.79 Å². The van der Waals surface area contributed by atoms with Crippen LogP contribution in [0.25, 0.3) is 10.1 Å². The predicted molar refractivity (Wildman–Crippen MR) is 67.2 cm³/mol. The van der Waals surface area contributed by atoms with Crippen molar-refractivity contribution in [3.8, 4) is 0 Å². The lowest BCUT2D eigenvalue weighted by Crippen LogP contribution is -2.00. The lowest BCUT2D eigenvalue weighted by atomic mass is 10.0. The number of thiophene rings is 1. The van der Waals surface area contributed by atoms with Crippen molar-refractivity contribution in [1.82, 2.24) is 0 Å². The molecule has 2 nitrogen and oxygen atoms in total. The third-order valence-electron chi connectivity index (χ3n) is 2.77. The highest BCUT2D eigenvalue weighted by Gasteiger charge is 2.13. The van der Waals surface area contributed by atoms with Gasteiger partial charge < -0.3 is 5.11 Å². The van der Waals surface area contributed by atoms with Gasteiger partial charge in [-0.15, -0.1) is 11.3 Å². The van der Waals surface area contributed by atoms with E-state index in [1.807, 2.05) is 13.0 Å². The normalized spacial score (nSPS) is 12.9. The molecule has 1 unspecified atom stereocenters. The van der Waals surface area contributed by atoms with Gasteiger partial charge in [-0.1, -0.05) is 19.1 Å². The summed E-state index contributed by atoms with van der Waals surface area (Å²) in [5, 5.41) is 10.0. The summed E-state index contributed by atoms with van der Waals surface area (Å²) in [6.45, 7) is 4.05. The Labute approximate surface area is 98.5 Å². The number of carboxylic acid groups (broad SMARTS) is 1. The van der Waals surface area contributed by atoms with Crippen LogP contribution >= 0.6 is 11.3 Å². The Morgan fingerprint density at radius 3 is 2.88 bits per heavy atom. The maximum Gasteiger partial charge on any atom is 0.303 e. The summed E-state index contributed by atoms with van der Waals surface area (Å²) in [5.41, 5.74) is 1.25. The van der Waals surface area contributed by atoms with Crippen LogP contribution < -0.4 is 0 Å². The van der Waals surface area contributed by atoms with E-state index in [1.54, 1.807) is 11.3 Å². The fraction of sp³-hybridized carbons (Fsp3) is 0.308. The minimum atomic E-state index is -0.735. The van der Waals surface area contributed by atoms with Crippen LogP contribution in [0.3, 0.4) is 0 Å². The van der Waals surface area contributed by atoms with Crippen molar-refractivity contribution in [2.45, 2.75) is 26.2 Å². The summed E-state index contributed by atoms with van der Waals surface area (Å²) in [5.74, 6) is -0.643. The maximum absolute atomic E-state index is 10.7. The van der Waals surface area contributed by atoms with Gasteiger partial charge in [0.25, 0.3) is 0 Å². The fourth-order valence-corrected chi connectivity index (χ4v) is 3.02. The Hall–Kier alpha value is -1.35. The van der Waals surface area contributed by atoms with E-state index in [-0.39, 0.29) is 12.3 Å². The smallest absolute Gasteiger partial charge is 0.303 e. The van der Waals surface area contributed by atoms with Crippen LogP contribution in [0, 0.1) is 6.92 Å². The van der Waals surface area contributed by atoms with Gasteiger partial charge in [0.15, 0.2) is 0 Å². The summed E-state index contributed by atoms with van der Waals surface area (Å²) >= 11 is 1.70. The van der Waals surface area contributed by atoms with Crippen molar-refractivity contribution in [2.24, 2.45) is 0 Å². The van der Waals surface area contributed by atoms with Gasteiger partial charge in [0, 0.05) is 15.5 Å². The van der Waals surface area contributed by atoms with E-state index in [0.29, 0.717) is 0 Å². The fourth-order valence-electron chi connectivity index (χ4n) is 1.83. The molecule has 0 amide bonds. The number of fused-ring (bicyclic) bond motifs is 1. The molecule has 3 heteroatoms. The number of rotatable bonds is 3. The third-order valence-corrected chi connectivity index (χ3v) is 4.10. The zero-order valence-electron chi connectivity index (χ0n) is 9.36. The first-order valence-electron chi connectivity index (χ1n) is 5.29. The van der Waals surface area contributed by atoms with Gasteiger partial charge in [-0.2, -0.15) is 0 Å². The van der Waals surface area contributed by atoms with Gasteiger partial charge in [0.05, 0.1) is 6.42 Å². The molecule has 0 radical (unpaired) electrons. The van der Waals surface area contributed by atoms with Crippen molar-refractivity contribution in [1.29, 1.82) is 0 Å². The molecule has 0 fully saturated rings. The number of aryl methyl sites for hydroxylation is 1. The summed E-state index contributed by atoms with van der Waals surface area (Å²) in [7, 11) is 0. The van der Waals surface area contributed by atoms with Crippen LogP contribution in [0.5, 0.6) is 0 Å². The molecule has 16 heavy (non-hydrogen) atoms. The quantitative estimate of drug-likeness (QED) is 0.877. The second-order valence-corrected chi connectivity index (χ2v) is 5.25. The minimum Gasteiger partial charge on any atom is -0.481 e. The standard InChI is InChI=1S/C13H14O2S/c1-8-4-3-5-11-10(8)7-12(16-11)9(2)6-13(14)15/h3-5,7,9H,6H2,1-2H3,(H,14,15). The molecule has 0 aliphatic rings. The van der Waals surface area contributed by atoms with Crippen LogP contribution in [0.2, 0.25) is 0 Å². The number of hydrogen-bond donors (Lipinski definition) is 1. The van der Waals surface area contributed by atoms with Gasteiger partial charge in [-0.25, -0.2) is 0 Å². The first kappa shape index (κ1) is 11.1. The van der Waals surface area contributed by atoms with Crippen LogP contribution in [0.4, 0.5) is 0 Å². The lowest BCUT2D eigenvalue weighted by Gasteiger charge is -2.03. The zero-order chi connectivity index (χ0) is 11.7. The molecule has 1 N–H and O–H groups in total. The number of hydrogen-bond acceptors (Lipinski definition) is 2. The van der Waals surface area contributed by atoms with Gasteiger partial charge >= 0.3 is 5.97 Å². The van der Waals surface area contributed by atoms with Crippen LogP contribution in [0.1, 0.15) is 29.7 Å². The third kappa shape index (κ3) is 2.09. The predicted octanol–water partition coefficient (Wildman–Crippen LogP) is 3.79. The molecular formula is C13H14O2S. The van der Waals surface area contributed by atoms with E-state index in [2.05, 4.69) is 25.1 Å². The van der Waals surface area contributed by atoms with E-state index < -0.39 is 5.97 Å². The van der Waals surface area contributed by atoms with Gasteiger partial charge in [0.2, 0.25) is 0 Å². The second-order valence-electron chi connectivity index (χ2n) is 4.13.